The standard InChI is InChI=1S/C5H12N2O2S/c1-4(8)10-3-5(9)2-7-6/h5,7,9H,2-3,6H2,1H3. The summed E-state index contributed by atoms with van der Waals surface area (Å²) in [5, 5.41) is 8.99. The molecule has 0 saturated carbocycles. The first-order valence-corrected chi connectivity index (χ1v) is 3.90. The van der Waals surface area contributed by atoms with Gasteiger partial charge in [-0.2, -0.15) is 0 Å². The van der Waals surface area contributed by atoms with Crippen molar-refractivity contribution in [2.75, 3.05) is 12.3 Å². The lowest BCUT2D eigenvalue weighted by Crippen LogP contribution is -2.33. The topological polar surface area (TPSA) is 75.3 Å². The number of nitrogens with one attached hydrogen (secondary N) is 1. The van der Waals surface area contributed by atoms with E-state index in [9.17, 15) is 4.79 Å². The third-order valence-electron chi connectivity index (χ3n) is 0.832. The Balaban J connectivity index is 3.21. The molecule has 0 aliphatic carbocycles. The van der Waals surface area contributed by atoms with Crippen LogP contribution in [0.5, 0.6) is 0 Å². The third-order valence-corrected chi connectivity index (χ3v) is 1.79. The number of hydrazine groups is 1. The Kier molecular flexibility index (Phi) is 5.61. The van der Waals surface area contributed by atoms with E-state index in [4.69, 9.17) is 10.9 Å². The second kappa shape index (κ2) is 5.67. The average molecular weight is 164 g/mol. The van der Waals surface area contributed by atoms with E-state index in [1.54, 1.807) is 0 Å². The maximum absolute atomic E-state index is 10.4. The van der Waals surface area contributed by atoms with Crippen LogP contribution >= 0.6 is 11.8 Å². The molecule has 10 heavy (non-hydrogen) atoms. The van der Waals surface area contributed by atoms with Gasteiger partial charge in [0, 0.05) is 19.2 Å². The number of aliphatic hydroxyl groups is 1. The highest BCUT2D eigenvalue weighted by Gasteiger charge is 2.03. The normalized spacial score (nSPS) is 13.1. The molecular weight excluding hydrogens is 152 g/mol. The predicted octanol–water partition coefficient (Wildman–Crippen LogP) is -0.910. The zero-order chi connectivity index (χ0) is 7.98. The lowest BCUT2D eigenvalue weighted by molar-refractivity contribution is -0.109. The average Bonchev–Trinajstić information content (AvgIpc) is 1.85. The van der Waals surface area contributed by atoms with Gasteiger partial charge in [0.05, 0.1) is 6.10 Å². The summed E-state index contributed by atoms with van der Waals surface area (Å²) in [6.07, 6.45) is -0.543. The molecule has 0 amide bonds. The molecule has 0 bridgehead atoms. The van der Waals surface area contributed by atoms with E-state index in [-0.39, 0.29) is 5.12 Å². The number of aliphatic hydroxyl groups excluding tert-OH is 1. The Hall–Kier alpha value is -0.100. The number of rotatable bonds is 4. The highest BCUT2D eigenvalue weighted by molar-refractivity contribution is 8.13. The van der Waals surface area contributed by atoms with Crippen LogP contribution in [-0.4, -0.2) is 28.6 Å². The van der Waals surface area contributed by atoms with Crippen LogP contribution in [0.25, 0.3) is 0 Å². The molecule has 0 saturated heterocycles. The molecule has 0 aromatic carbocycles. The van der Waals surface area contributed by atoms with Crippen LogP contribution in [0.3, 0.4) is 0 Å². The van der Waals surface area contributed by atoms with Crippen LogP contribution in [0.15, 0.2) is 0 Å². The summed E-state index contributed by atoms with van der Waals surface area (Å²) in [6, 6.07) is 0. The van der Waals surface area contributed by atoms with Gasteiger partial charge in [0.15, 0.2) is 5.12 Å². The number of hydrogen-bond donors (Lipinski definition) is 3. The molecule has 0 fully saturated rings. The molecule has 0 rings (SSSR count). The van der Waals surface area contributed by atoms with Gasteiger partial charge in [0.2, 0.25) is 0 Å². The van der Waals surface area contributed by atoms with E-state index in [0.717, 1.165) is 11.8 Å². The predicted molar refractivity (Wildman–Crippen MR) is 41.3 cm³/mol. The highest BCUT2D eigenvalue weighted by Crippen LogP contribution is 2.02. The Morgan fingerprint density at radius 2 is 2.50 bits per heavy atom. The molecular formula is C5H12N2O2S. The smallest absolute Gasteiger partial charge is 0.185 e. The van der Waals surface area contributed by atoms with Crippen molar-refractivity contribution in [3.63, 3.8) is 0 Å². The monoisotopic (exact) mass is 164 g/mol. The molecule has 1 unspecified atom stereocenters. The van der Waals surface area contributed by atoms with Crippen LogP contribution in [0, 0.1) is 0 Å². The van der Waals surface area contributed by atoms with E-state index in [1.807, 2.05) is 0 Å². The summed E-state index contributed by atoms with van der Waals surface area (Å²) in [6.45, 7) is 1.79. The van der Waals surface area contributed by atoms with Gasteiger partial charge in [0.25, 0.3) is 0 Å². The summed E-state index contributed by atoms with van der Waals surface area (Å²) in [5.41, 5.74) is 2.32. The van der Waals surface area contributed by atoms with Crippen molar-refractivity contribution in [1.29, 1.82) is 0 Å². The number of carbonyl (C=O) groups excluding carboxylic acids is 1. The first-order chi connectivity index (χ1) is 4.66. The minimum atomic E-state index is -0.543. The molecule has 4 nitrogen and oxygen atoms in total. The first-order valence-electron chi connectivity index (χ1n) is 2.91. The maximum atomic E-state index is 10.4. The van der Waals surface area contributed by atoms with Crippen molar-refractivity contribution >= 4 is 16.9 Å². The number of carbonyl (C=O) groups is 1. The van der Waals surface area contributed by atoms with Crippen molar-refractivity contribution in [1.82, 2.24) is 5.43 Å². The molecule has 0 aromatic heterocycles. The quantitative estimate of drug-likeness (QED) is 0.370. The summed E-state index contributed by atoms with van der Waals surface area (Å²) in [5.74, 6) is 5.33. The van der Waals surface area contributed by atoms with Gasteiger partial charge in [-0.25, -0.2) is 0 Å². The SMILES string of the molecule is CC(=O)SCC(O)CNN. The van der Waals surface area contributed by atoms with Crippen molar-refractivity contribution in [2.24, 2.45) is 5.84 Å². The first kappa shape index (κ1) is 9.90. The molecule has 5 heteroatoms. The molecule has 0 spiro atoms. The van der Waals surface area contributed by atoms with Crippen LogP contribution < -0.4 is 11.3 Å². The van der Waals surface area contributed by atoms with Crippen molar-refractivity contribution in [2.45, 2.75) is 13.0 Å². The molecule has 0 aliphatic heterocycles. The minimum absolute atomic E-state index is 0.0103. The second-order valence-corrected chi connectivity index (χ2v) is 3.06. The Labute approximate surface area is 64.1 Å². The van der Waals surface area contributed by atoms with Crippen molar-refractivity contribution in [3.05, 3.63) is 0 Å². The fourth-order valence-electron chi connectivity index (χ4n) is 0.409. The minimum Gasteiger partial charge on any atom is -0.391 e. The zero-order valence-electron chi connectivity index (χ0n) is 5.83. The summed E-state index contributed by atoms with van der Waals surface area (Å²) in [4.78, 5) is 10.4. The van der Waals surface area contributed by atoms with Crippen LogP contribution in [0.1, 0.15) is 6.92 Å². The summed E-state index contributed by atoms with van der Waals surface area (Å²) < 4.78 is 0. The molecule has 1 atom stereocenters. The van der Waals surface area contributed by atoms with Crippen LogP contribution in [0.2, 0.25) is 0 Å². The van der Waals surface area contributed by atoms with Gasteiger partial charge in [-0.05, 0) is 0 Å². The fraction of sp³-hybridized carbons (Fsp3) is 0.800. The van der Waals surface area contributed by atoms with Crippen molar-refractivity contribution < 1.29 is 9.90 Å². The van der Waals surface area contributed by atoms with Gasteiger partial charge in [-0.15, -0.1) is 0 Å². The second-order valence-electron chi connectivity index (χ2n) is 1.86. The Morgan fingerprint density at radius 1 is 1.90 bits per heavy atom. The molecule has 0 aliphatic rings. The number of hydrogen-bond acceptors (Lipinski definition) is 5. The lowest BCUT2D eigenvalue weighted by atomic mass is 10.4. The van der Waals surface area contributed by atoms with E-state index < -0.39 is 6.10 Å². The van der Waals surface area contributed by atoms with Gasteiger partial charge >= 0.3 is 0 Å². The largest absolute Gasteiger partial charge is 0.391 e. The van der Waals surface area contributed by atoms with Crippen LogP contribution in [0.4, 0.5) is 0 Å². The summed E-state index contributed by atoms with van der Waals surface area (Å²) in [7, 11) is 0. The molecule has 0 radical (unpaired) electrons. The number of nitrogens with two attached hydrogens (primary N) is 1. The number of thioether (sulfide) groups is 1. The summed E-state index contributed by atoms with van der Waals surface area (Å²) >= 11 is 1.09. The van der Waals surface area contributed by atoms with E-state index >= 15 is 0 Å². The van der Waals surface area contributed by atoms with E-state index in [0.29, 0.717) is 12.3 Å². The molecule has 0 aromatic rings. The molecule has 60 valence electrons. The maximum Gasteiger partial charge on any atom is 0.185 e. The Bertz CT molecular complexity index is 110. The van der Waals surface area contributed by atoms with Crippen molar-refractivity contribution in [3.8, 4) is 0 Å². The van der Waals surface area contributed by atoms with Crippen LogP contribution in [-0.2, 0) is 4.79 Å². The highest BCUT2D eigenvalue weighted by atomic mass is 32.2. The van der Waals surface area contributed by atoms with E-state index in [2.05, 4.69) is 5.43 Å². The Morgan fingerprint density at radius 3 is 2.90 bits per heavy atom. The van der Waals surface area contributed by atoms with E-state index in [1.165, 1.54) is 6.92 Å². The fourth-order valence-corrected chi connectivity index (χ4v) is 0.953. The van der Waals surface area contributed by atoms with Gasteiger partial charge in [-0.3, -0.25) is 16.1 Å². The molecule has 0 heterocycles. The van der Waals surface area contributed by atoms with Gasteiger partial charge in [0.1, 0.15) is 0 Å². The zero-order valence-corrected chi connectivity index (χ0v) is 6.65. The third kappa shape index (κ3) is 6.03. The molecule has 4 N–H and O–H groups in total. The van der Waals surface area contributed by atoms with Gasteiger partial charge in [-0.1, -0.05) is 11.8 Å². The lowest BCUT2D eigenvalue weighted by Gasteiger charge is -2.06. The van der Waals surface area contributed by atoms with Gasteiger partial charge < -0.3 is 5.11 Å².